The van der Waals surface area contributed by atoms with E-state index >= 15 is 0 Å². The van der Waals surface area contributed by atoms with Crippen LogP contribution >= 0.6 is 0 Å². The van der Waals surface area contributed by atoms with Gasteiger partial charge in [-0.2, -0.15) is 9.97 Å². The first-order chi connectivity index (χ1) is 34.1. The summed E-state index contributed by atoms with van der Waals surface area (Å²) in [6.07, 6.45) is 0. The Morgan fingerprint density at radius 3 is 1.19 bits per heavy atom. The number of hydrogen-bond acceptors (Lipinski definition) is 7. The molecular weight excluding hydrogens is 849 g/mol. The predicted octanol–water partition coefficient (Wildman–Crippen LogP) is 15.6. The molecule has 4 heterocycles. The third-order valence-electron chi connectivity index (χ3n) is 13.2. The quantitative estimate of drug-likeness (QED) is 0.157. The number of aromatic nitrogens is 6. The molecule has 0 saturated carbocycles. The fourth-order valence-corrected chi connectivity index (χ4v) is 9.77. The van der Waals surface area contributed by atoms with E-state index in [0.717, 1.165) is 77.4 Å². The molecule has 8 nitrogen and oxygen atoms in total. The molecule has 0 unspecified atom stereocenters. The Morgan fingerprint density at radius 2 is 0.710 bits per heavy atom. The van der Waals surface area contributed by atoms with E-state index in [2.05, 4.69) is 126 Å². The maximum absolute atomic E-state index is 6.13. The lowest BCUT2D eigenvalue weighted by molar-refractivity contribution is 0.619. The highest BCUT2D eigenvalue weighted by Crippen LogP contribution is 2.40. The Kier molecular flexibility index (Phi) is 8.72. The molecule has 0 saturated heterocycles. The molecule has 14 rings (SSSR count). The van der Waals surface area contributed by atoms with Gasteiger partial charge >= 0.3 is 0 Å². The molecule has 0 amide bonds. The van der Waals surface area contributed by atoms with Gasteiger partial charge in [0.05, 0.1) is 11.0 Å². The number of nitrogens with zero attached hydrogens (tertiary/aromatic N) is 6. The van der Waals surface area contributed by atoms with Crippen molar-refractivity contribution in [2.75, 3.05) is 0 Å². The van der Waals surface area contributed by atoms with Crippen molar-refractivity contribution >= 4 is 65.6 Å². The minimum Gasteiger partial charge on any atom is -0.436 e. The van der Waals surface area contributed by atoms with Crippen LogP contribution in [0, 0.1) is 0 Å². The number of rotatable bonds is 7. The molecule has 0 aliphatic heterocycles. The normalized spacial score (nSPS) is 11.8. The fraction of sp³-hybridized carbons (Fsp3) is 0. The maximum atomic E-state index is 6.13. The number of fused-ring (bicyclic) bond motifs is 7. The minimum atomic E-state index is 0.497. The molecule has 0 N–H and O–H groups in total. The smallest absolute Gasteiger partial charge is 0.238 e. The summed E-state index contributed by atoms with van der Waals surface area (Å²) in [6, 6.07) is 75.3. The third-order valence-corrected chi connectivity index (χ3v) is 13.2. The van der Waals surface area contributed by atoms with Gasteiger partial charge in [0.1, 0.15) is 11.0 Å². The summed E-state index contributed by atoms with van der Waals surface area (Å²) >= 11 is 0. The Balaban J connectivity index is 0.969. The molecule has 0 spiro atoms. The molecule has 69 heavy (non-hydrogen) atoms. The van der Waals surface area contributed by atoms with E-state index in [0.29, 0.717) is 29.4 Å². The van der Waals surface area contributed by atoms with Crippen LogP contribution in [0.15, 0.2) is 227 Å². The molecule has 0 aliphatic carbocycles. The molecule has 14 aromatic rings. The van der Waals surface area contributed by atoms with Gasteiger partial charge in [-0.05, 0) is 117 Å². The SMILES string of the molecule is c1ccc2c(-c3ccc4c(c3)c3cc(-c5cccc6ccccc56)ccc3n4-c3nc(-c4ccc(-c5nc6ccccc6o5)cc4)nc(-c4ccc(-c5nc6ccccc6o5)cc4)n3)cccc2c1. The van der Waals surface area contributed by atoms with E-state index in [9.17, 15) is 0 Å². The molecule has 8 heteroatoms. The Hall–Kier alpha value is -9.53. The van der Waals surface area contributed by atoms with Crippen LogP contribution in [0.5, 0.6) is 0 Å². The lowest BCUT2D eigenvalue weighted by Gasteiger charge is -2.12. The summed E-state index contributed by atoms with van der Waals surface area (Å²) in [5.74, 6) is 2.65. The third kappa shape index (κ3) is 6.57. The highest BCUT2D eigenvalue weighted by molar-refractivity contribution is 6.13. The van der Waals surface area contributed by atoms with Crippen molar-refractivity contribution in [2.24, 2.45) is 0 Å². The van der Waals surface area contributed by atoms with E-state index in [1.165, 1.54) is 32.7 Å². The topological polar surface area (TPSA) is 95.7 Å². The Labute approximate surface area is 394 Å². The molecule has 0 fully saturated rings. The number of oxazole rings is 2. The maximum Gasteiger partial charge on any atom is 0.238 e. The van der Waals surface area contributed by atoms with Crippen molar-refractivity contribution in [3.63, 3.8) is 0 Å². The van der Waals surface area contributed by atoms with Gasteiger partial charge in [-0.25, -0.2) is 15.0 Å². The molecule has 10 aromatic carbocycles. The van der Waals surface area contributed by atoms with E-state index in [-0.39, 0.29) is 0 Å². The summed E-state index contributed by atoms with van der Waals surface area (Å²) in [6.45, 7) is 0. The van der Waals surface area contributed by atoms with Crippen LogP contribution in [0.2, 0.25) is 0 Å². The molecule has 0 radical (unpaired) electrons. The lowest BCUT2D eigenvalue weighted by Crippen LogP contribution is -2.06. The zero-order valence-electron chi connectivity index (χ0n) is 36.8. The van der Waals surface area contributed by atoms with Crippen LogP contribution in [-0.2, 0) is 0 Å². The van der Waals surface area contributed by atoms with Crippen LogP contribution in [0.3, 0.4) is 0 Å². The van der Waals surface area contributed by atoms with Crippen LogP contribution in [-0.4, -0.2) is 29.5 Å². The van der Waals surface area contributed by atoms with Gasteiger partial charge in [0.15, 0.2) is 22.8 Å². The highest BCUT2D eigenvalue weighted by Gasteiger charge is 2.21. The second-order valence-electron chi connectivity index (χ2n) is 17.3. The highest BCUT2D eigenvalue weighted by atomic mass is 16.4. The van der Waals surface area contributed by atoms with E-state index in [4.69, 9.17) is 33.8 Å². The van der Waals surface area contributed by atoms with Crippen molar-refractivity contribution in [3.05, 3.63) is 218 Å². The summed E-state index contributed by atoms with van der Waals surface area (Å²) in [4.78, 5) is 25.3. The molecule has 0 bridgehead atoms. The van der Waals surface area contributed by atoms with Crippen molar-refractivity contribution in [3.8, 4) is 73.9 Å². The Bertz CT molecular complexity index is 3970. The molecular formula is C61H36N6O2. The first-order valence-electron chi connectivity index (χ1n) is 22.9. The van der Waals surface area contributed by atoms with Crippen molar-refractivity contribution in [1.29, 1.82) is 0 Å². The predicted molar refractivity (Wildman–Crippen MR) is 277 cm³/mol. The van der Waals surface area contributed by atoms with Crippen molar-refractivity contribution < 1.29 is 8.83 Å². The van der Waals surface area contributed by atoms with E-state index in [1.54, 1.807) is 0 Å². The van der Waals surface area contributed by atoms with Gasteiger partial charge in [-0.1, -0.05) is 146 Å². The van der Waals surface area contributed by atoms with Crippen molar-refractivity contribution in [2.45, 2.75) is 0 Å². The summed E-state index contributed by atoms with van der Waals surface area (Å²) in [5.41, 5.74) is 13.0. The number of benzene rings is 10. The second kappa shape index (κ2) is 15.5. The molecule has 0 aliphatic rings. The van der Waals surface area contributed by atoms with Crippen LogP contribution in [0.4, 0.5) is 0 Å². The monoisotopic (exact) mass is 884 g/mol. The largest absolute Gasteiger partial charge is 0.436 e. The zero-order valence-corrected chi connectivity index (χ0v) is 36.8. The number of para-hydroxylation sites is 4. The van der Waals surface area contributed by atoms with Crippen LogP contribution in [0.1, 0.15) is 0 Å². The Morgan fingerprint density at radius 1 is 0.304 bits per heavy atom. The van der Waals surface area contributed by atoms with Gasteiger partial charge in [-0.3, -0.25) is 4.57 Å². The first-order valence-corrected chi connectivity index (χ1v) is 22.9. The lowest BCUT2D eigenvalue weighted by atomic mass is 9.95. The average molecular weight is 885 g/mol. The van der Waals surface area contributed by atoms with Gasteiger partial charge < -0.3 is 8.83 Å². The van der Waals surface area contributed by atoms with E-state index < -0.39 is 0 Å². The van der Waals surface area contributed by atoms with E-state index in [1.807, 2.05) is 97.1 Å². The van der Waals surface area contributed by atoms with Crippen LogP contribution < -0.4 is 0 Å². The first kappa shape index (κ1) is 38.7. The van der Waals surface area contributed by atoms with Crippen molar-refractivity contribution in [1.82, 2.24) is 29.5 Å². The standard InChI is InChI=1S/C61H36N6O2/c1-3-15-45-37(11-1)13-9-17-47(45)43-31-33-53-49(35-43)50-36-44(48-18-10-14-38-12-2-4-16-46(38)48)32-34-54(50)67(53)61-65-57(39-23-27-41(28-24-39)59-62-51-19-5-7-21-55(51)68-59)64-58(66-61)40-25-29-42(30-26-40)60-63-52-20-6-8-22-56(52)69-60/h1-36H. The summed E-state index contributed by atoms with van der Waals surface area (Å²) < 4.78 is 14.4. The minimum absolute atomic E-state index is 0.497. The van der Waals surface area contributed by atoms with Gasteiger partial charge in [0.25, 0.3) is 0 Å². The average Bonchev–Trinajstić information content (AvgIpc) is 4.15. The zero-order chi connectivity index (χ0) is 45.4. The fourth-order valence-electron chi connectivity index (χ4n) is 9.77. The van der Waals surface area contributed by atoms with Gasteiger partial charge in [0.2, 0.25) is 17.7 Å². The molecule has 0 atom stereocenters. The molecule has 322 valence electrons. The second-order valence-corrected chi connectivity index (χ2v) is 17.3. The van der Waals surface area contributed by atoms with Crippen LogP contribution in [0.25, 0.3) is 139 Å². The van der Waals surface area contributed by atoms with Gasteiger partial charge in [0, 0.05) is 33.0 Å². The summed E-state index contributed by atoms with van der Waals surface area (Å²) in [7, 11) is 0. The number of hydrogen-bond donors (Lipinski definition) is 0. The summed E-state index contributed by atoms with van der Waals surface area (Å²) in [5, 5.41) is 6.98. The molecule has 4 aromatic heterocycles. The van der Waals surface area contributed by atoms with Gasteiger partial charge in [-0.15, -0.1) is 0 Å².